The monoisotopic (exact) mass is 417 g/mol. The van der Waals surface area contributed by atoms with Gasteiger partial charge >= 0.3 is 0 Å². The van der Waals surface area contributed by atoms with E-state index in [2.05, 4.69) is 6.92 Å². The van der Waals surface area contributed by atoms with Crippen molar-refractivity contribution in [1.29, 1.82) is 0 Å². The molecule has 1 saturated heterocycles. The number of hydrogen-bond donors (Lipinski definition) is 1. The maximum Gasteiger partial charge on any atom is 0.230 e. The van der Waals surface area contributed by atoms with Gasteiger partial charge in [-0.2, -0.15) is 0 Å². The van der Waals surface area contributed by atoms with E-state index in [1.165, 1.54) is 0 Å². The minimum atomic E-state index is -1.36. The Labute approximate surface area is 176 Å². The molecule has 5 aliphatic rings. The highest BCUT2D eigenvalue weighted by atomic mass is 16.9. The average molecular weight is 417 g/mol. The fraction of sp³-hybridized carbons (Fsp3) is 0.708. The van der Waals surface area contributed by atoms with E-state index in [0.29, 0.717) is 19.1 Å². The first-order valence-corrected chi connectivity index (χ1v) is 11.0. The lowest BCUT2D eigenvalue weighted by molar-refractivity contribution is -0.223. The van der Waals surface area contributed by atoms with Gasteiger partial charge in [-0.1, -0.05) is 25.5 Å². The van der Waals surface area contributed by atoms with Crippen LogP contribution in [0, 0.1) is 28.6 Å². The number of ether oxygens (including phenoxy) is 2. The van der Waals surface area contributed by atoms with E-state index in [-0.39, 0.29) is 29.0 Å². The maximum absolute atomic E-state index is 13.0. The number of Topliss-reactive ketones (excluding diaryl/α,β-unsaturated/α-hetero) is 1. The molecular formula is C24H30O6. The van der Waals surface area contributed by atoms with Gasteiger partial charge in [0.05, 0.1) is 12.2 Å². The van der Waals surface area contributed by atoms with Gasteiger partial charge in [-0.25, -0.2) is 0 Å². The van der Waals surface area contributed by atoms with E-state index in [1.54, 1.807) is 26.0 Å². The minimum Gasteiger partial charge on any atom is -0.393 e. The summed E-state index contributed by atoms with van der Waals surface area (Å²) in [5, 5.41) is 11.5. The molecule has 0 bridgehead atoms. The summed E-state index contributed by atoms with van der Waals surface area (Å²) < 4.78 is 12.4. The number of allylic oxidation sites excluding steroid dienone is 4. The van der Waals surface area contributed by atoms with E-state index in [9.17, 15) is 19.5 Å². The van der Waals surface area contributed by atoms with Crippen molar-refractivity contribution < 1.29 is 29.0 Å². The summed E-state index contributed by atoms with van der Waals surface area (Å²) in [5.74, 6) is -1.35. The SMILES string of the molecule is C[C@]12C=CC(=O)C=C1CC[C@@H]1[C@@H]2[C@@H](O)C[C@@]2(C)[C@H]1CC1O[13C]([13CH3])([13CH3])O[C@]12C(=O)C=O. The highest BCUT2D eigenvalue weighted by Gasteiger charge is 2.76. The normalized spacial score (nSPS) is 50.8. The molecule has 0 radical (unpaired) electrons. The van der Waals surface area contributed by atoms with E-state index < -0.39 is 34.8 Å². The molecule has 8 atom stereocenters. The van der Waals surface area contributed by atoms with Crippen LogP contribution in [0.1, 0.15) is 53.4 Å². The third-order valence-corrected chi connectivity index (χ3v) is 8.96. The fourth-order valence-corrected chi connectivity index (χ4v) is 7.94. The predicted octanol–water partition coefficient (Wildman–Crippen LogP) is 2.53. The van der Waals surface area contributed by atoms with Crippen molar-refractivity contribution in [3.8, 4) is 0 Å². The van der Waals surface area contributed by atoms with Crippen LogP contribution in [0.15, 0.2) is 23.8 Å². The molecule has 4 aliphatic carbocycles. The minimum absolute atomic E-state index is 0.00558. The second-order valence-corrected chi connectivity index (χ2v) is 10.8. The van der Waals surface area contributed by atoms with Gasteiger partial charge in [0, 0.05) is 16.7 Å². The first-order valence-electron chi connectivity index (χ1n) is 11.0. The molecule has 6 nitrogen and oxygen atoms in total. The zero-order valence-electron chi connectivity index (χ0n) is 18.0. The van der Waals surface area contributed by atoms with Crippen molar-refractivity contribution in [2.45, 2.75) is 77.0 Å². The van der Waals surface area contributed by atoms with Crippen LogP contribution in [0.4, 0.5) is 0 Å². The smallest absolute Gasteiger partial charge is 0.230 e. The number of aliphatic hydroxyl groups excluding tert-OH is 1. The Morgan fingerprint density at radius 3 is 2.70 bits per heavy atom. The van der Waals surface area contributed by atoms with Crippen LogP contribution in [0.25, 0.3) is 0 Å². The zero-order valence-corrected chi connectivity index (χ0v) is 18.0. The largest absolute Gasteiger partial charge is 0.393 e. The van der Waals surface area contributed by atoms with E-state index in [4.69, 9.17) is 9.47 Å². The second-order valence-electron chi connectivity index (χ2n) is 10.8. The topological polar surface area (TPSA) is 89.9 Å². The molecule has 1 unspecified atom stereocenters. The Morgan fingerprint density at radius 1 is 1.27 bits per heavy atom. The lowest BCUT2D eigenvalue weighted by Crippen LogP contribution is -2.63. The average Bonchev–Trinajstić information content (AvgIpc) is 3.07. The molecule has 30 heavy (non-hydrogen) atoms. The van der Waals surface area contributed by atoms with Crippen molar-refractivity contribution in [3.63, 3.8) is 0 Å². The maximum atomic E-state index is 13.0. The number of carbonyl (C=O) groups excluding carboxylic acids is 3. The highest BCUT2D eigenvalue weighted by molar-refractivity contribution is 6.29. The van der Waals surface area contributed by atoms with Crippen molar-refractivity contribution in [1.82, 2.24) is 0 Å². The molecule has 0 aromatic heterocycles. The van der Waals surface area contributed by atoms with Crippen LogP contribution < -0.4 is 0 Å². The van der Waals surface area contributed by atoms with Gasteiger partial charge < -0.3 is 14.6 Å². The molecule has 1 N–H and O–H groups in total. The summed E-state index contributed by atoms with van der Waals surface area (Å²) in [6.07, 6.45) is 7.11. The first kappa shape index (κ1) is 20.3. The number of hydrogen-bond acceptors (Lipinski definition) is 6. The fourth-order valence-electron chi connectivity index (χ4n) is 7.94. The van der Waals surface area contributed by atoms with Crippen LogP contribution in [0.2, 0.25) is 0 Å². The number of rotatable bonds is 2. The summed E-state index contributed by atoms with van der Waals surface area (Å²) in [6.45, 7) is 7.65. The lowest BCUT2D eigenvalue weighted by atomic mass is 9.46. The molecule has 0 amide bonds. The van der Waals surface area contributed by atoms with Crippen molar-refractivity contribution >= 4 is 17.9 Å². The van der Waals surface area contributed by atoms with Crippen LogP contribution in [-0.4, -0.2) is 46.6 Å². The summed E-state index contributed by atoms with van der Waals surface area (Å²) in [6, 6.07) is 0. The Bertz CT molecular complexity index is 901. The second kappa shape index (κ2) is 5.99. The molecule has 6 heteroatoms. The summed E-state index contributed by atoms with van der Waals surface area (Å²) in [7, 11) is 0. The number of carbonyl (C=O) groups is 3. The van der Waals surface area contributed by atoms with Crippen molar-refractivity contribution in [3.05, 3.63) is 23.8 Å². The first-order chi connectivity index (χ1) is 14.0. The number of ketones is 2. The number of fused-ring (bicyclic) bond motifs is 7. The molecule has 0 aromatic carbocycles. The molecule has 162 valence electrons. The molecule has 1 heterocycles. The summed E-state index contributed by atoms with van der Waals surface area (Å²) >= 11 is 0. The molecule has 0 spiro atoms. The lowest BCUT2D eigenvalue weighted by Gasteiger charge is -2.59. The number of aldehydes is 1. The van der Waals surface area contributed by atoms with Crippen LogP contribution in [0.5, 0.6) is 0 Å². The highest BCUT2D eigenvalue weighted by Crippen LogP contribution is 2.70. The third kappa shape index (κ3) is 2.28. The summed E-state index contributed by atoms with van der Waals surface area (Å²) in [4.78, 5) is 36.7. The molecular weight excluding hydrogens is 387 g/mol. The molecule has 5 rings (SSSR count). The number of aliphatic hydroxyl groups is 1. The standard InChI is InChI=1S/C24H30O6/c1-21(2)29-19-10-16-15-6-5-13-9-14(26)7-8-22(13,3)20(15)17(27)11-23(16,4)24(19,30-21)18(28)12-25/h7-9,12,15-17,19-20,27H,5-6,10-11H2,1-4H3/t15-,16-,17-,19?,20+,22-,23-,24+/m0/s1/i1+1,2+1,21+1. The summed E-state index contributed by atoms with van der Waals surface area (Å²) in [5.41, 5.74) is -1.34. The van der Waals surface area contributed by atoms with E-state index in [0.717, 1.165) is 18.4 Å². The zero-order chi connectivity index (χ0) is 21.7. The van der Waals surface area contributed by atoms with Gasteiger partial charge in [-0.3, -0.25) is 14.4 Å². The Kier molecular flexibility index (Phi) is 4.05. The predicted molar refractivity (Wildman–Crippen MR) is 107 cm³/mol. The van der Waals surface area contributed by atoms with Crippen LogP contribution in [-0.2, 0) is 23.9 Å². The molecule has 1 aliphatic heterocycles. The van der Waals surface area contributed by atoms with Gasteiger partial charge in [-0.15, -0.1) is 0 Å². The van der Waals surface area contributed by atoms with Crippen LogP contribution in [0.3, 0.4) is 0 Å². The van der Waals surface area contributed by atoms with Crippen molar-refractivity contribution in [2.75, 3.05) is 0 Å². The van der Waals surface area contributed by atoms with Gasteiger partial charge in [0.15, 0.2) is 23.5 Å². The van der Waals surface area contributed by atoms with E-state index >= 15 is 0 Å². The third-order valence-electron chi connectivity index (χ3n) is 8.96. The quantitative estimate of drug-likeness (QED) is 0.422. The molecule has 0 aromatic rings. The van der Waals surface area contributed by atoms with Crippen molar-refractivity contribution in [2.24, 2.45) is 28.6 Å². The van der Waals surface area contributed by atoms with Crippen LogP contribution >= 0.6 is 0 Å². The Hall–Kier alpha value is -1.63. The molecule has 3 saturated carbocycles. The Morgan fingerprint density at radius 2 is 2.00 bits per heavy atom. The van der Waals surface area contributed by atoms with E-state index in [1.807, 2.05) is 13.0 Å². The Balaban J connectivity index is 1.60. The van der Waals surface area contributed by atoms with Gasteiger partial charge in [0.1, 0.15) is 0 Å². The van der Waals surface area contributed by atoms with Gasteiger partial charge in [0.2, 0.25) is 5.78 Å². The van der Waals surface area contributed by atoms with Gasteiger partial charge in [0.25, 0.3) is 0 Å². The van der Waals surface area contributed by atoms with Gasteiger partial charge in [-0.05, 0) is 63.5 Å². The molecule has 4 fully saturated rings.